The first kappa shape index (κ1) is 16.6. The molecule has 2 N–H and O–H groups in total. The standard InChI is InChI=1S/C16H26N4O2/c1-19(2)9-5-8-17-16(21)18-14-6-3-4-7-15(14)20-10-12-22-13-11-20/h3-4,6-7H,5,8-13H2,1-2H3,(H2,17,18,21). The van der Waals surface area contributed by atoms with E-state index in [1.54, 1.807) is 0 Å². The summed E-state index contributed by atoms with van der Waals surface area (Å²) in [5.74, 6) is 0. The average Bonchev–Trinajstić information content (AvgIpc) is 2.53. The molecule has 1 aliphatic heterocycles. The summed E-state index contributed by atoms with van der Waals surface area (Å²) >= 11 is 0. The zero-order chi connectivity index (χ0) is 15.8. The van der Waals surface area contributed by atoms with Gasteiger partial charge in [-0.1, -0.05) is 12.1 Å². The Kier molecular flexibility index (Phi) is 6.48. The average molecular weight is 306 g/mol. The lowest BCUT2D eigenvalue weighted by molar-refractivity contribution is 0.123. The molecule has 6 nitrogen and oxygen atoms in total. The second-order valence-electron chi connectivity index (χ2n) is 5.65. The molecule has 1 aliphatic rings. The zero-order valence-corrected chi connectivity index (χ0v) is 13.5. The number of para-hydroxylation sites is 2. The fourth-order valence-electron chi connectivity index (χ4n) is 2.42. The van der Waals surface area contributed by atoms with Crippen LogP contribution in [0.25, 0.3) is 0 Å². The van der Waals surface area contributed by atoms with Crippen molar-refractivity contribution in [3.05, 3.63) is 24.3 Å². The van der Waals surface area contributed by atoms with E-state index in [0.29, 0.717) is 6.54 Å². The fourth-order valence-corrected chi connectivity index (χ4v) is 2.42. The molecule has 0 bridgehead atoms. The van der Waals surface area contributed by atoms with Gasteiger partial charge in [0.05, 0.1) is 24.6 Å². The minimum Gasteiger partial charge on any atom is -0.378 e. The van der Waals surface area contributed by atoms with Crippen molar-refractivity contribution in [1.29, 1.82) is 0 Å². The minimum atomic E-state index is -0.153. The van der Waals surface area contributed by atoms with Gasteiger partial charge >= 0.3 is 6.03 Å². The SMILES string of the molecule is CN(C)CCCNC(=O)Nc1ccccc1N1CCOCC1. The summed E-state index contributed by atoms with van der Waals surface area (Å²) in [6, 6.07) is 7.74. The van der Waals surface area contributed by atoms with Gasteiger partial charge in [0.25, 0.3) is 0 Å². The highest BCUT2D eigenvalue weighted by Gasteiger charge is 2.15. The number of urea groups is 1. The number of hydrogen-bond acceptors (Lipinski definition) is 4. The molecule has 0 aliphatic carbocycles. The number of nitrogens with one attached hydrogen (secondary N) is 2. The molecule has 2 amide bonds. The Labute approximate surface area is 132 Å². The summed E-state index contributed by atoms with van der Waals surface area (Å²) < 4.78 is 5.38. The lowest BCUT2D eigenvalue weighted by atomic mass is 10.2. The van der Waals surface area contributed by atoms with Gasteiger partial charge in [0, 0.05) is 19.6 Å². The van der Waals surface area contributed by atoms with Crippen molar-refractivity contribution in [1.82, 2.24) is 10.2 Å². The lowest BCUT2D eigenvalue weighted by Crippen LogP contribution is -2.37. The number of nitrogens with zero attached hydrogens (tertiary/aromatic N) is 2. The van der Waals surface area contributed by atoms with Gasteiger partial charge in [-0.05, 0) is 39.2 Å². The number of benzene rings is 1. The molecule has 6 heteroatoms. The summed E-state index contributed by atoms with van der Waals surface area (Å²) in [7, 11) is 4.05. The third-order valence-corrected chi connectivity index (χ3v) is 3.57. The number of carbonyl (C=O) groups is 1. The number of anilines is 2. The molecule has 122 valence electrons. The van der Waals surface area contributed by atoms with Gasteiger partial charge < -0.3 is 25.2 Å². The molecule has 1 fully saturated rings. The van der Waals surface area contributed by atoms with Crippen LogP contribution < -0.4 is 15.5 Å². The molecule has 0 spiro atoms. The maximum absolute atomic E-state index is 12.0. The van der Waals surface area contributed by atoms with Crippen molar-refractivity contribution in [2.45, 2.75) is 6.42 Å². The van der Waals surface area contributed by atoms with Crippen molar-refractivity contribution in [2.24, 2.45) is 0 Å². The van der Waals surface area contributed by atoms with E-state index in [1.165, 1.54) is 0 Å². The minimum absolute atomic E-state index is 0.153. The molecular formula is C16H26N4O2. The van der Waals surface area contributed by atoms with Gasteiger partial charge in [0.15, 0.2) is 0 Å². The van der Waals surface area contributed by atoms with Gasteiger partial charge in [-0.2, -0.15) is 0 Å². The van der Waals surface area contributed by atoms with Crippen LogP contribution in [0.1, 0.15) is 6.42 Å². The number of carbonyl (C=O) groups excluding carboxylic acids is 1. The largest absolute Gasteiger partial charge is 0.378 e. The summed E-state index contributed by atoms with van der Waals surface area (Å²) in [4.78, 5) is 16.4. The smallest absolute Gasteiger partial charge is 0.319 e. The quantitative estimate of drug-likeness (QED) is 0.784. The number of amides is 2. The molecule has 0 radical (unpaired) electrons. The van der Waals surface area contributed by atoms with E-state index in [9.17, 15) is 4.79 Å². The van der Waals surface area contributed by atoms with Crippen LogP contribution in [0.3, 0.4) is 0 Å². The monoisotopic (exact) mass is 306 g/mol. The molecule has 2 rings (SSSR count). The second kappa shape index (κ2) is 8.60. The Hall–Kier alpha value is -1.79. The molecule has 0 saturated carbocycles. The van der Waals surface area contributed by atoms with Crippen LogP contribution in [0.5, 0.6) is 0 Å². The van der Waals surface area contributed by atoms with E-state index < -0.39 is 0 Å². The van der Waals surface area contributed by atoms with Crippen molar-refractivity contribution >= 4 is 17.4 Å². The van der Waals surface area contributed by atoms with E-state index >= 15 is 0 Å². The van der Waals surface area contributed by atoms with E-state index in [2.05, 4.69) is 20.4 Å². The predicted molar refractivity (Wildman–Crippen MR) is 89.7 cm³/mol. The number of rotatable bonds is 6. The molecule has 1 heterocycles. The Morgan fingerprint density at radius 2 is 2.00 bits per heavy atom. The van der Waals surface area contributed by atoms with Gasteiger partial charge in [-0.25, -0.2) is 4.79 Å². The normalized spacial score (nSPS) is 15.0. The zero-order valence-electron chi connectivity index (χ0n) is 13.5. The fraction of sp³-hybridized carbons (Fsp3) is 0.562. The van der Waals surface area contributed by atoms with Crippen LogP contribution in [0, 0.1) is 0 Å². The Morgan fingerprint density at radius 3 is 2.73 bits per heavy atom. The van der Waals surface area contributed by atoms with E-state index in [-0.39, 0.29) is 6.03 Å². The number of ether oxygens (including phenoxy) is 1. The van der Waals surface area contributed by atoms with Crippen LogP contribution in [0.2, 0.25) is 0 Å². The first-order chi connectivity index (χ1) is 10.7. The maximum atomic E-state index is 12.0. The summed E-state index contributed by atoms with van der Waals surface area (Å²) in [6.07, 6.45) is 0.936. The number of morpholine rings is 1. The van der Waals surface area contributed by atoms with Crippen LogP contribution in [0.15, 0.2) is 24.3 Å². The van der Waals surface area contributed by atoms with Crippen LogP contribution in [-0.4, -0.2) is 64.4 Å². The Bertz CT molecular complexity index is 473. The van der Waals surface area contributed by atoms with Crippen molar-refractivity contribution in [3.8, 4) is 0 Å². The predicted octanol–water partition coefficient (Wildman–Crippen LogP) is 1.60. The van der Waals surface area contributed by atoms with E-state index in [4.69, 9.17) is 4.74 Å². The topological polar surface area (TPSA) is 56.8 Å². The lowest BCUT2D eigenvalue weighted by Gasteiger charge is -2.30. The number of hydrogen-bond donors (Lipinski definition) is 2. The first-order valence-corrected chi connectivity index (χ1v) is 7.78. The van der Waals surface area contributed by atoms with Crippen LogP contribution >= 0.6 is 0 Å². The highest BCUT2D eigenvalue weighted by Crippen LogP contribution is 2.26. The van der Waals surface area contributed by atoms with Crippen molar-refractivity contribution < 1.29 is 9.53 Å². The van der Waals surface area contributed by atoms with Crippen molar-refractivity contribution in [2.75, 3.05) is 63.7 Å². The van der Waals surface area contributed by atoms with E-state index in [1.807, 2.05) is 38.4 Å². The summed E-state index contributed by atoms with van der Waals surface area (Å²) in [6.45, 7) is 4.79. The molecule has 0 atom stereocenters. The summed E-state index contributed by atoms with van der Waals surface area (Å²) in [5.41, 5.74) is 1.89. The van der Waals surface area contributed by atoms with Gasteiger partial charge in [-0.3, -0.25) is 0 Å². The van der Waals surface area contributed by atoms with Crippen molar-refractivity contribution in [3.63, 3.8) is 0 Å². The molecule has 1 aromatic carbocycles. The molecule has 1 saturated heterocycles. The molecule has 1 aromatic rings. The maximum Gasteiger partial charge on any atom is 0.319 e. The first-order valence-electron chi connectivity index (χ1n) is 7.78. The molecule has 0 aromatic heterocycles. The molecule has 0 unspecified atom stereocenters. The highest BCUT2D eigenvalue weighted by molar-refractivity contribution is 5.93. The van der Waals surface area contributed by atoms with Gasteiger partial charge in [0.2, 0.25) is 0 Å². The highest BCUT2D eigenvalue weighted by atomic mass is 16.5. The second-order valence-corrected chi connectivity index (χ2v) is 5.65. The Morgan fingerprint density at radius 1 is 1.27 bits per heavy atom. The van der Waals surface area contributed by atoms with Gasteiger partial charge in [0.1, 0.15) is 0 Å². The summed E-state index contributed by atoms with van der Waals surface area (Å²) in [5, 5.41) is 5.85. The Balaban J connectivity index is 1.87. The third-order valence-electron chi connectivity index (χ3n) is 3.57. The van der Waals surface area contributed by atoms with Crippen LogP contribution in [-0.2, 0) is 4.74 Å². The molecule has 22 heavy (non-hydrogen) atoms. The molecular weight excluding hydrogens is 280 g/mol. The van der Waals surface area contributed by atoms with E-state index in [0.717, 1.165) is 50.6 Å². The third kappa shape index (κ3) is 5.20. The van der Waals surface area contributed by atoms with Crippen LogP contribution in [0.4, 0.5) is 16.2 Å². The van der Waals surface area contributed by atoms with Gasteiger partial charge in [-0.15, -0.1) is 0 Å².